The molecule has 0 radical (unpaired) electrons. The van der Waals surface area contributed by atoms with Gasteiger partial charge in [-0.05, 0) is 36.4 Å². The highest BCUT2D eigenvalue weighted by molar-refractivity contribution is 6.07. The highest BCUT2D eigenvalue weighted by Crippen LogP contribution is 2.38. The first-order valence-corrected chi connectivity index (χ1v) is 9.84. The van der Waals surface area contributed by atoms with Crippen LogP contribution in [0.2, 0.25) is 0 Å². The largest absolute Gasteiger partial charge is 0.573 e. The zero-order chi connectivity index (χ0) is 27.5. The van der Waals surface area contributed by atoms with Gasteiger partial charge in [0.1, 0.15) is 29.9 Å². The van der Waals surface area contributed by atoms with Crippen molar-refractivity contribution in [2.75, 3.05) is 12.4 Å². The van der Waals surface area contributed by atoms with E-state index < -0.39 is 52.8 Å². The topological polar surface area (TPSA) is 104 Å². The number of amides is 2. The lowest BCUT2D eigenvalue weighted by Gasteiger charge is -2.16. The fourth-order valence-electron chi connectivity index (χ4n) is 3.01. The second-order valence-electron chi connectivity index (χ2n) is 7.05. The summed E-state index contributed by atoms with van der Waals surface area (Å²) in [6, 6.07) is 6.79. The minimum Gasteiger partial charge on any atom is -0.456 e. The van der Waals surface area contributed by atoms with Crippen molar-refractivity contribution in [1.82, 2.24) is 0 Å². The summed E-state index contributed by atoms with van der Waals surface area (Å²) in [4.78, 5) is 29.3. The normalized spacial score (nSPS) is 11.6. The van der Waals surface area contributed by atoms with Gasteiger partial charge in [0, 0.05) is 16.9 Å². The van der Waals surface area contributed by atoms with E-state index in [-0.39, 0.29) is 17.1 Å². The Kier molecular flexibility index (Phi) is 7.45. The van der Waals surface area contributed by atoms with E-state index in [4.69, 9.17) is 15.3 Å². The van der Waals surface area contributed by atoms with Gasteiger partial charge in [0.25, 0.3) is 5.91 Å². The van der Waals surface area contributed by atoms with Gasteiger partial charge in [-0.2, -0.15) is 13.2 Å². The van der Waals surface area contributed by atoms with Crippen LogP contribution >= 0.6 is 0 Å². The number of benzene rings is 2. The molecule has 37 heavy (non-hydrogen) atoms. The van der Waals surface area contributed by atoms with Crippen LogP contribution in [-0.2, 0) is 6.18 Å². The number of ether oxygens (including phenoxy) is 2. The monoisotopic (exact) mass is 534 g/mol. The molecular formula is C22H15F7N3O5+. The summed E-state index contributed by atoms with van der Waals surface area (Å²) in [5.41, 5.74) is 1.85. The molecule has 8 nitrogen and oxygen atoms in total. The van der Waals surface area contributed by atoms with Crippen LogP contribution in [0.5, 0.6) is 17.2 Å². The molecular weight excluding hydrogens is 519 g/mol. The van der Waals surface area contributed by atoms with E-state index in [9.17, 15) is 40.3 Å². The third-order valence-electron chi connectivity index (χ3n) is 4.55. The molecule has 1 heterocycles. The second-order valence-corrected chi connectivity index (χ2v) is 7.05. The first kappa shape index (κ1) is 27.0. The summed E-state index contributed by atoms with van der Waals surface area (Å²) in [5, 5.41) is 2.14. The minimum absolute atomic E-state index is 0.163. The lowest BCUT2D eigenvalue weighted by Crippen LogP contribution is -2.47. The van der Waals surface area contributed by atoms with Gasteiger partial charge in [-0.15, -0.1) is 13.2 Å². The summed E-state index contributed by atoms with van der Waals surface area (Å²) in [6.07, 6.45) is -9.00. The summed E-state index contributed by atoms with van der Waals surface area (Å²) in [7, 11) is 1.20. The number of nitrogens with one attached hydrogen (secondary N) is 1. The zero-order valence-corrected chi connectivity index (χ0v) is 18.4. The van der Waals surface area contributed by atoms with Crippen molar-refractivity contribution in [3.63, 3.8) is 0 Å². The van der Waals surface area contributed by atoms with Crippen LogP contribution < -0.4 is 30.1 Å². The van der Waals surface area contributed by atoms with Crippen molar-refractivity contribution in [2.45, 2.75) is 12.5 Å². The smallest absolute Gasteiger partial charge is 0.456 e. The van der Waals surface area contributed by atoms with Gasteiger partial charge in [0.2, 0.25) is 6.20 Å². The lowest BCUT2D eigenvalue weighted by molar-refractivity contribution is -0.886. The zero-order valence-electron chi connectivity index (χ0n) is 18.4. The van der Waals surface area contributed by atoms with E-state index in [1.165, 1.54) is 13.2 Å². The van der Waals surface area contributed by atoms with Gasteiger partial charge in [-0.25, -0.2) is 4.39 Å². The fraction of sp³-hybridized carbons (Fsp3) is 0.136. The molecule has 0 spiro atoms. The van der Waals surface area contributed by atoms with Crippen molar-refractivity contribution in [3.8, 4) is 17.2 Å². The number of halogens is 7. The third kappa shape index (κ3) is 6.56. The number of hydrogen-bond donors (Lipinski definition) is 2. The predicted molar refractivity (Wildman–Crippen MR) is 110 cm³/mol. The molecule has 0 fully saturated rings. The van der Waals surface area contributed by atoms with Crippen LogP contribution in [0, 0.1) is 5.82 Å². The summed E-state index contributed by atoms with van der Waals surface area (Å²) in [5.74, 6) is -5.92. The van der Waals surface area contributed by atoms with Gasteiger partial charge in [0.05, 0.1) is 11.3 Å². The Balaban J connectivity index is 1.99. The molecule has 0 bridgehead atoms. The van der Waals surface area contributed by atoms with Gasteiger partial charge < -0.3 is 20.5 Å². The van der Waals surface area contributed by atoms with Crippen LogP contribution in [0.25, 0.3) is 0 Å². The molecule has 0 unspecified atom stereocenters. The molecule has 0 aliphatic rings. The molecule has 15 heteroatoms. The van der Waals surface area contributed by atoms with Gasteiger partial charge >= 0.3 is 24.1 Å². The van der Waals surface area contributed by atoms with Crippen molar-refractivity contribution >= 4 is 17.5 Å². The number of anilines is 1. The van der Waals surface area contributed by atoms with E-state index in [1.807, 2.05) is 0 Å². The number of hydrogen-bond acceptors (Lipinski definition) is 5. The summed E-state index contributed by atoms with van der Waals surface area (Å²) < 4.78 is 102. The number of carbonyl (C=O) groups excluding carboxylic acids is 2. The molecule has 3 rings (SSSR count). The first-order chi connectivity index (χ1) is 17.2. The summed E-state index contributed by atoms with van der Waals surface area (Å²) in [6.45, 7) is 0. The average Bonchev–Trinajstić information content (AvgIpc) is 2.78. The highest BCUT2D eigenvalue weighted by Gasteiger charge is 2.37. The van der Waals surface area contributed by atoms with Gasteiger partial charge in [-0.1, -0.05) is 0 Å². The third-order valence-corrected chi connectivity index (χ3v) is 4.55. The first-order valence-electron chi connectivity index (χ1n) is 9.84. The van der Waals surface area contributed by atoms with Crippen molar-refractivity contribution in [2.24, 2.45) is 5.73 Å². The molecule has 0 saturated carbocycles. The lowest BCUT2D eigenvalue weighted by atomic mass is 10.1. The van der Waals surface area contributed by atoms with Gasteiger partial charge in [0.15, 0.2) is 5.82 Å². The Morgan fingerprint density at radius 2 is 1.57 bits per heavy atom. The van der Waals surface area contributed by atoms with Crippen molar-refractivity contribution in [1.29, 1.82) is 0 Å². The summed E-state index contributed by atoms with van der Waals surface area (Å²) >= 11 is 0. The Hall–Kier alpha value is -4.56. The standard InChI is InChI=1S/C22H14F7N3O5/c1-35-32-9-8-11(10-15(32)19(30)33)31-20(34)17-16(7-6-14(18(17)23)21(24,25)26)36-12-2-4-13(5-3-12)37-22(27,28)29/h2-10H,1H3,(H2,30,33)/p+1. The fourth-order valence-corrected chi connectivity index (χ4v) is 3.01. The Bertz CT molecular complexity index is 1330. The van der Waals surface area contributed by atoms with Crippen LogP contribution in [0.15, 0.2) is 54.7 Å². The van der Waals surface area contributed by atoms with Crippen LogP contribution in [-0.4, -0.2) is 25.3 Å². The average molecular weight is 534 g/mol. The van der Waals surface area contributed by atoms with E-state index in [1.54, 1.807) is 0 Å². The maximum Gasteiger partial charge on any atom is 0.573 e. The molecule has 3 N–H and O–H groups in total. The van der Waals surface area contributed by atoms with Crippen LogP contribution in [0.1, 0.15) is 26.4 Å². The molecule has 0 aliphatic heterocycles. The number of aromatic nitrogens is 1. The minimum atomic E-state index is -5.18. The maximum atomic E-state index is 15.0. The van der Waals surface area contributed by atoms with E-state index >= 15 is 0 Å². The second kappa shape index (κ2) is 10.2. The number of nitrogens with two attached hydrogens (primary N) is 1. The molecule has 0 atom stereocenters. The number of nitrogens with zero attached hydrogens (tertiary/aromatic N) is 1. The number of rotatable bonds is 7. The Morgan fingerprint density at radius 1 is 0.946 bits per heavy atom. The number of carbonyl (C=O) groups is 2. The SMILES string of the molecule is CO[n+]1ccc(NC(=O)c2c(Oc3ccc(OC(F)(F)F)cc3)ccc(C(F)(F)F)c2F)cc1C(N)=O. The molecule has 3 aromatic rings. The Labute approximate surface area is 202 Å². The number of pyridine rings is 1. The highest BCUT2D eigenvalue weighted by atomic mass is 19.4. The maximum absolute atomic E-state index is 15.0. The quantitative estimate of drug-likeness (QED) is 0.349. The molecule has 1 aromatic heterocycles. The Morgan fingerprint density at radius 3 is 2.11 bits per heavy atom. The van der Waals surface area contributed by atoms with Crippen LogP contribution in [0.3, 0.4) is 0 Å². The number of alkyl halides is 6. The van der Waals surface area contributed by atoms with E-state index in [0.717, 1.165) is 41.3 Å². The van der Waals surface area contributed by atoms with Gasteiger partial charge in [-0.3, -0.25) is 14.4 Å². The molecule has 2 amide bonds. The van der Waals surface area contributed by atoms with Crippen molar-refractivity contribution < 1.29 is 59.4 Å². The molecule has 2 aromatic carbocycles. The van der Waals surface area contributed by atoms with E-state index in [0.29, 0.717) is 12.1 Å². The van der Waals surface area contributed by atoms with Crippen LogP contribution in [0.4, 0.5) is 36.4 Å². The molecule has 196 valence electrons. The van der Waals surface area contributed by atoms with Crippen molar-refractivity contribution in [3.05, 3.63) is 77.4 Å². The van der Waals surface area contributed by atoms with E-state index in [2.05, 4.69) is 10.1 Å². The molecule has 0 aliphatic carbocycles. The number of primary amides is 1. The molecule has 0 saturated heterocycles. The predicted octanol–water partition coefficient (Wildman–Crippen LogP) is 4.23.